The summed E-state index contributed by atoms with van der Waals surface area (Å²) in [7, 11) is 0. The van der Waals surface area contributed by atoms with Gasteiger partial charge in [0.25, 0.3) is 5.91 Å². The average molecular weight is 283 g/mol. The monoisotopic (exact) mass is 283 g/mol. The van der Waals surface area contributed by atoms with Crippen molar-refractivity contribution in [1.82, 2.24) is 9.97 Å². The van der Waals surface area contributed by atoms with Crippen LogP contribution in [0.3, 0.4) is 0 Å². The first-order chi connectivity index (χ1) is 10.2. The molecule has 0 aliphatic heterocycles. The van der Waals surface area contributed by atoms with E-state index >= 15 is 0 Å². The van der Waals surface area contributed by atoms with Gasteiger partial charge in [-0.2, -0.15) is 4.39 Å². The van der Waals surface area contributed by atoms with Gasteiger partial charge in [-0.3, -0.25) is 4.79 Å². The topological polar surface area (TPSA) is 68.0 Å². The zero-order chi connectivity index (χ0) is 14.7. The Hall–Kier alpha value is -3.02. The Bertz CT molecular complexity index is 755. The van der Waals surface area contributed by atoms with E-state index in [0.717, 1.165) is 5.56 Å². The van der Waals surface area contributed by atoms with Crippen LogP contribution in [-0.2, 0) is 0 Å². The predicted molar refractivity (Wildman–Crippen MR) is 74.1 cm³/mol. The molecule has 0 atom stereocenters. The van der Waals surface area contributed by atoms with Crippen LogP contribution in [0.15, 0.2) is 59.5 Å². The van der Waals surface area contributed by atoms with Crippen LogP contribution >= 0.6 is 0 Å². The lowest BCUT2D eigenvalue weighted by Crippen LogP contribution is -2.14. The first-order valence-corrected chi connectivity index (χ1v) is 6.15. The zero-order valence-electron chi connectivity index (χ0n) is 10.8. The van der Waals surface area contributed by atoms with Gasteiger partial charge in [-0.15, -0.1) is 0 Å². The lowest BCUT2D eigenvalue weighted by atomic mass is 10.1. The van der Waals surface area contributed by atoms with Gasteiger partial charge in [0, 0.05) is 11.3 Å². The number of hydrogen-bond donors (Lipinski definition) is 1. The highest BCUT2D eigenvalue weighted by Gasteiger charge is 2.09. The maximum Gasteiger partial charge on any atom is 0.274 e. The number of hydrogen-bond acceptors (Lipinski definition) is 4. The Morgan fingerprint density at radius 1 is 1.14 bits per heavy atom. The van der Waals surface area contributed by atoms with E-state index in [1.165, 1.54) is 24.6 Å². The molecule has 2 heterocycles. The SMILES string of the molecule is O=C(Nc1ccc(-c2cnco2)cc1)c1cccc(F)n1. The third-order valence-electron chi connectivity index (χ3n) is 2.81. The molecule has 0 spiro atoms. The molecule has 3 aromatic rings. The molecule has 1 amide bonds. The lowest BCUT2D eigenvalue weighted by Gasteiger charge is -2.05. The van der Waals surface area contributed by atoms with Crippen LogP contribution in [0.25, 0.3) is 11.3 Å². The van der Waals surface area contributed by atoms with Crippen molar-refractivity contribution >= 4 is 11.6 Å². The van der Waals surface area contributed by atoms with E-state index in [2.05, 4.69) is 15.3 Å². The van der Waals surface area contributed by atoms with E-state index in [1.54, 1.807) is 30.5 Å². The second-order valence-electron chi connectivity index (χ2n) is 4.24. The number of oxazole rings is 1. The van der Waals surface area contributed by atoms with Crippen LogP contribution in [0, 0.1) is 5.95 Å². The van der Waals surface area contributed by atoms with E-state index in [0.29, 0.717) is 11.4 Å². The number of nitrogens with one attached hydrogen (secondary N) is 1. The van der Waals surface area contributed by atoms with Crippen LogP contribution in [0.5, 0.6) is 0 Å². The van der Waals surface area contributed by atoms with Gasteiger partial charge >= 0.3 is 0 Å². The van der Waals surface area contributed by atoms with E-state index < -0.39 is 11.9 Å². The third-order valence-corrected chi connectivity index (χ3v) is 2.81. The van der Waals surface area contributed by atoms with Gasteiger partial charge in [0.05, 0.1) is 6.20 Å². The molecule has 0 aliphatic carbocycles. The van der Waals surface area contributed by atoms with E-state index in [9.17, 15) is 9.18 Å². The van der Waals surface area contributed by atoms with Crippen molar-refractivity contribution in [2.24, 2.45) is 0 Å². The van der Waals surface area contributed by atoms with Crippen LogP contribution in [0.1, 0.15) is 10.5 Å². The summed E-state index contributed by atoms with van der Waals surface area (Å²) in [5.41, 5.74) is 1.44. The average Bonchev–Trinajstić information content (AvgIpc) is 3.02. The molecule has 0 aliphatic rings. The molecule has 1 aromatic carbocycles. The van der Waals surface area contributed by atoms with Crippen LogP contribution in [-0.4, -0.2) is 15.9 Å². The van der Waals surface area contributed by atoms with E-state index in [4.69, 9.17) is 4.42 Å². The Morgan fingerprint density at radius 2 is 1.95 bits per heavy atom. The third kappa shape index (κ3) is 2.94. The molecular weight excluding hydrogens is 273 g/mol. The molecule has 2 aromatic heterocycles. The fourth-order valence-electron chi connectivity index (χ4n) is 1.81. The summed E-state index contributed by atoms with van der Waals surface area (Å²) in [4.78, 5) is 19.3. The van der Waals surface area contributed by atoms with Gasteiger partial charge in [-0.25, -0.2) is 9.97 Å². The number of rotatable bonds is 3. The maximum atomic E-state index is 13.0. The first-order valence-electron chi connectivity index (χ1n) is 6.15. The molecule has 0 saturated carbocycles. The summed E-state index contributed by atoms with van der Waals surface area (Å²) >= 11 is 0. The van der Waals surface area contributed by atoms with Crippen molar-refractivity contribution in [3.05, 3.63) is 66.7 Å². The Kier molecular flexibility index (Phi) is 3.42. The Balaban J connectivity index is 1.75. The van der Waals surface area contributed by atoms with Crippen molar-refractivity contribution in [2.75, 3.05) is 5.32 Å². The highest BCUT2D eigenvalue weighted by atomic mass is 19.1. The van der Waals surface area contributed by atoms with Crippen LogP contribution in [0.2, 0.25) is 0 Å². The minimum Gasteiger partial charge on any atom is -0.444 e. The van der Waals surface area contributed by atoms with Crippen LogP contribution in [0.4, 0.5) is 10.1 Å². The number of anilines is 1. The fraction of sp³-hybridized carbons (Fsp3) is 0. The maximum absolute atomic E-state index is 13.0. The van der Waals surface area contributed by atoms with Gasteiger partial charge in [-0.05, 0) is 36.4 Å². The molecule has 6 heteroatoms. The quantitative estimate of drug-likeness (QED) is 0.750. The van der Waals surface area contributed by atoms with Gasteiger partial charge < -0.3 is 9.73 Å². The largest absolute Gasteiger partial charge is 0.444 e. The van der Waals surface area contributed by atoms with Crippen LogP contribution < -0.4 is 5.32 Å². The van der Waals surface area contributed by atoms with Crippen molar-refractivity contribution in [3.63, 3.8) is 0 Å². The smallest absolute Gasteiger partial charge is 0.274 e. The number of nitrogens with zero attached hydrogens (tertiary/aromatic N) is 2. The minimum atomic E-state index is -0.691. The summed E-state index contributed by atoms with van der Waals surface area (Å²) in [5, 5.41) is 2.64. The summed E-state index contributed by atoms with van der Waals surface area (Å²) in [6, 6.07) is 11.1. The predicted octanol–water partition coefficient (Wildman–Crippen LogP) is 3.13. The number of pyridine rings is 1. The molecule has 0 bridgehead atoms. The molecule has 0 fully saturated rings. The Morgan fingerprint density at radius 3 is 2.62 bits per heavy atom. The molecule has 1 N–H and O–H groups in total. The normalized spacial score (nSPS) is 10.3. The second kappa shape index (κ2) is 5.54. The summed E-state index contributed by atoms with van der Waals surface area (Å²) in [6.45, 7) is 0. The van der Waals surface area contributed by atoms with Crippen molar-refractivity contribution in [2.45, 2.75) is 0 Å². The van der Waals surface area contributed by atoms with E-state index in [1.807, 2.05) is 0 Å². The molecule has 104 valence electrons. The van der Waals surface area contributed by atoms with E-state index in [-0.39, 0.29) is 5.69 Å². The summed E-state index contributed by atoms with van der Waals surface area (Å²) < 4.78 is 18.1. The zero-order valence-corrected chi connectivity index (χ0v) is 10.8. The molecule has 3 rings (SSSR count). The van der Waals surface area contributed by atoms with Gasteiger partial charge in [0.15, 0.2) is 12.2 Å². The number of aromatic nitrogens is 2. The lowest BCUT2D eigenvalue weighted by molar-refractivity contribution is 0.102. The molecule has 21 heavy (non-hydrogen) atoms. The Labute approximate surface area is 119 Å². The first kappa shape index (κ1) is 13.0. The molecule has 0 unspecified atom stereocenters. The van der Waals surface area contributed by atoms with Gasteiger partial charge in [-0.1, -0.05) is 6.07 Å². The standard InChI is InChI=1S/C15H10FN3O2/c16-14-3-1-2-12(19-14)15(20)18-11-6-4-10(5-7-11)13-8-17-9-21-13/h1-9H,(H,18,20). The number of halogens is 1. The van der Waals surface area contributed by atoms with Gasteiger partial charge in [0.1, 0.15) is 5.69 Å². The molecule has 0 saturated heterocycles. The minimum absolute atomic E-state index is 0.0225. The fourth-order valence-corrected chi connectivity index (χ4v) is 1.81. The second-order valence-corrected chi connectivity index (χ2v) is 4.24. The highest BCUT2D eigenvalue weighted by molar-refractivity contribution is 6.02. The summed E-state index contributed by atoms with van der Waals surface area (Å²) in [6.07, 6.45) is 2.95. The number of amides is 1. The number of benzene rings is 1. The van der Waals surface area contributed by atoms with Crippen molar-refractivity contribution in [3.8, 4) is 11.3 Å². The molecule has 5 nitrogen and oxygen atoms in total. The summed E-state index contributed by atoms with van der Waals surface area (Å²) in [5.74, 6) is -0.523. The van der Waals surface area contributed by atoms with Gasteiger partial charge in [0.2, 0.25) is 5.95 Å². The highest BCUT2D eigenvalue weighted by Crippen LogP contribution is 2.20. The number of carbonyl (C=O) groups is 1. The number of carbonyl (C=O) groups excluding carboxylic acids is 1. The van der Waals surface area contributed by atoms with Crippen molar-refractivity contribution in [1.29, 1.82) is 0 Å². The molecular formula is C15H10FN3O2. The van der Waals surface area contributed by atoms with Crippen molar-refractivity contribution < 1.29 is 13.6 Å². The molecule has 0 radical (unpaired) electrons.